The Morgan fingerprint density at radius 3 is 2.95 bits per heavy atom. The smallest absolute Gasteiger partial charge is 0.203 e. The van der Waals surface area contributed by atoms with Crippen molar-refractivity contribution in [3.8, 4) is 0 Å². The maximum atomic E-state index is 5.09. The minimum atomic E-state index is 0.673. The zero-order chi connectivity index (χ0) is 13.7. The van der Waals surface area contributed by atoms with Crippen LogP contribution in [0.15, 0.2) is 12.5 Å². The molecule has 2 heterocycles. The first kappa shape index (κ1) is 13.5. The van der Waals surface area contributed by atoms with Gasteiger partial charge in [-0.2, -0.15) is 5.10 Å². The third-order valence-electron chi connectivity index (χ3n) is 2.71. The third-order valence-corrected chi connectivity index (χ3v) is 2.71. The van der Waals surface area contributed by atoms with Crippen molar-refractivity contribution in [2.75, 3.05) is 25.6 Å². The molecule has 0 fully saturated rings. The molecule has 0 aromatic carbocycles. The summed E-state index contributed by atoms with van der Waals surface area (Å²) in [6, 6.07) is 0. The molecule has 0 radical (unpaired) electrons. The first-order chi connectivity index (χ1) is 9.19. The molecule has 2 aromatic rings. The second-order valence-corrected chi connectivity index (χ2v) is 4.40. The molecule has 0 spiro atoms. The minimum Gasteiger partial charge on any atom is -0.383 e. The van der Waals surface area contributed by atoms with Crippen molar-refractivity contribution >= 4 is 5.95 Å². The molecule has 0 bridgehead atoms. The number of hydrogen-bond acceptors (Lipinski definition) is 5. The van der Waals surface area contributed by atoms with Gasteiger partial charge >= 0.3 is 0 Å². The second-order valence-electron chi connectivity index (χ2n) is 4.40. The Balaban J connectivity index is 1.88. The van der Waals surface area contributed by atoms with Gasteiger partial charge in [-0.25, -0.2) is 9.97 Å². The van der Waals surface area contributed by atoms with Gasteiger partial charge in [-0.1, -0.05) is 0 Å². The van der Waals surface area contributed by atoms with Gasteiger partial charge in [0.2, 0.25) is 5.95 Å². The van der Waals surface area contributed by atoms with Crippen molar-refractivity contribution in [3.63, 3.8) is 0 Å². The standard InChI is InChI=1S/C12H20N6O/c1-10-8-18(6-7-19-3)12(15-10)13-5-4-11-14-9-17(2)16-11/h8-9H,4-7H2,1-3H3,(H,13,15). The molecule has 7 nitrogen and oxygen atoms in total. The van der Waals surface area contributed by atoms with E-state index in [1.807, 2.05) is 20.2 Å². The van der Waals surface area contributed by atoms with Crippen LogP contribution in [0.3, 0.4) is 0 Å². The summed E-state index contributed by atoms with van der Waals surface area (Å²) in [7, 11) is 3.56. The van der Waals surface area contributed by atoms with Crippen molar-refractivity contribution < 1.29 is 4.74 Å². The van der Waals surface area contributed by atoms with Gasteiger partial charge in [0.15, 0.2) is 5.82 Å². The molecule has 1 N–H and O–H groups in total. The van der Waals surface area contributed by atoms with Crippen molar-refractivity contribution in [3.05, 3.63) is 24.0 Å². The largest absolute Gasteiger partial charge is 0.383 e. The molecule has 0 aliphatic carbocycles. The molecule has 0 amide bonds. The zero-order valence-electron chi connectivity index (χ0n) is 11.6. The highest BCUT2D eigenvalue weighted by Gasteiger charge is 2.05. The molecule has 2 aromatic heterocycles. The van der Waals surface area contributed by atoms with Crippen molar-refractivity contribution in [2.45, 2.75) is 19.9 Å². The molecule has 0 aliphatic rings. The minimum absolute atomic E-state index is 0.673. The Bertz CT molecular complexity index is 518. The summed E-state index contributed by atoms with van der Waals surface area (Å²) >= 11 is 0. The highest BCUT2D eigenvalue weighted by atomic mass is 16.5. The van der Waals surface area contributed by atoms with E-state index in [0.29, 0.717) is 6.61 Å². The van der Waals surface area contributed by atoms with Crippen LogP contribution in [0.5, 0.6) is 0 Å². The summed E-state index contributed by atoms with van der Waals surface area (Å²) in [4.78, 5) is 8.64. The van der Waals surface area contributed by atoms with Crippen LogP contribution in [0.25, 0.3) is 0 Å². The number of methoxy groups -OCH3 is 1. The van der Waals surface area contributed by atoms with E-state index < -0.39 is 0 Å². The fourth-order valence-corrected chi connectivity index (χ4v) is 1.83. The summed E-state index contributed by atoms with van der Waals surface area (Å²) in [5, 5.41) is 7.55. The van der Waals surface area contributed by atoms with E-state index in [1.165, 1.54) is 0 Å². The van der Waals surface area contributed by atoms with Crippen LogP contribution in [0.1, 0.15) is 11.5 Å². The topological polar surface area (TPSA) is 69.8 Å². The van der Waals surface area contributed by atoms with E-state index in [-0.39, 0.29) is 0 Å². The van der Waals surface area contributed by atoms with Crippen molar-refractivity contribution in [2.24, 2.45) is 7.05 Å². The van der Waals surface area contributed by atoms with E-state index >= 15 is 0 Å². The molecular weight excluding hydrogens is 244 g/mol. The van der Waals surface area contributed by atoms with Crippen LogP contribution in [0.4, 0.5) is 5.95 Å². The van der Waals surface area contributed by atoms with Gasteiger partial charge in [-0.05, 0) is 6.92 Å². The van der Waals surface area contributed by atoms with Crippen LogP contribution in [0.2, 0.25) is 0 Å². The fourth-order valence-electron chi connectivity index (χ4n) is 1.83. The van der Waals surface area contributed by atoms with E-state index in [1.54, 1.807) is 18.1 Å². The van der Waals surface area contributed by atoms with Gasteiger partial charge in [0.05, 0.1) is 12.3 Å². The first-order valence-electron chi connectivity index (χ1n) is 6.30. The van der Waals surface area contributed by atoms with Gasteiger partial charge < -0.3 is 14.6 Å². The quantitative estimate of drug-likeness (QED) is 0.794. The molecule has 19 heavy (non-hydrogen) atoms. The Morgan fingerprint density at radius 2 is 2.26 bits per heavy atom. The first-order valence-corrected chi connectivity index (χ1v) is 6.30. The number of ether oxygens (including phenoxy) is 1. The van der Waals surface area contributed by atoms with E-state index in [4.69, 9.17) is 4.74 Å². The lowest BCUT2D eigenvalue weighted by atomic mass is 10.4. The predicted octanol–water partition coefficient (Wildman–Crippen LogP) is 0.621. The second kappa shape index (κ2) is 6.33. The van der Waals surface area contributed by atoms with Crippen LogP contribution in [-0.2, 0) is 24.8 Å². The highest BCUT2D eigenvalue weighted by molar-refractivity contribution is 5.28. The van der Waals surface area contributed by atoms with Gasteiger partial charge in [0.25, 0.3) is 0 Å². The number of imidazole rings is 1. The number of anilines is 1. The molecule has 0 saturated heterocycles. The summed E-state index contributed by atoms with van der Waals surface area (Å²) in [6.45, 7) is 4.20. The lowest BCUT2D eigenvalue weighted by Crippen LogP contribution is -2.13. The molecule has 0 unspecified atom stereocenters. The third kappa shape index (κ3) is 3.78. The van der Waals surface area contributed by atoms with Gasteiger partial charge in [0.1, 0.15) is 6.33 Å². The molecule has 0 aliphatic heterocycles. The summed E-state index contributed by atoms with van der Waals surface area (Å²) in [6.07, 6.45) is 4.50. The number of hydrogen-bond donors (Lipinski definition) is 1. The zero-order valence-corrected chi connectivity index (χ0v) is 11.6. The van der Waals surface area contributed by atoms with Gasteiger partial charge in [-0.3, -0.25) is 4.68 Å². The number of aromatic nitrogens is 5. The number of nitrogens with zero attached hydrogens (tertiary/aromatic N) is 5. The molecule has 7 heteroatoms. The van der Waals surface area contributed by atoms with Crippen LogP contribution in [-0.4, -0.2) is 44.6 Å². The highest BCUT2D eigenvalue weighted by Crippen LogP contribution is 2.08. The fraction of sp³-hybridized carbons (Fsp3) is 0.583. The van der Waals surface area contributed by atoms with Crippen molar-refractivity contribution in [1.82, 2.24) is 24.3 Å². The summed E-state index contributed by atoms with van der Waals surface area (Å²) in [5.41, 5.74) is 0.995. The van der Waals surface area contributed by atoms with E-state index in [0.717, 1.165) is 37.0 Å². The molecular formula is C12H20N6O. The van der Waals surface area contributed by atoms with Crippen molar-refractivity contribution in [1.29, 1.82) is 0 Å². The average molecular weight is 264 g/mol. The number of aryl methyl sites for hydroxylation is 2. The SMILES string of the molecule is COCCn1cc(C)nc1NCCc1ncn(C)n1. The van der Waals surface area contributed by atoms with Gasteiger partial charge in [-0.15, -0.1) is 0 Å². The van der Waals surface area contributed by atoms with E-state index in [2.05, 4.69) is 25.0 Å². The molecule has 0 saturated carbocycles. The van der Waals surface area contributed by atoms with Gasteiger partial charge in [0, 0.05) is 39.9 Å². The lowest BCUT2D eigenvalue weighted by molar-refractivity contribution is 0.187. The molecule has 0 atom stereocenters. The van der Waals surface area contributed by atoms with Crippen LogP contribution >= 0.6 is 0 Å². The average Bonchev–Trinajstić information content (AvgIpc) is 2.93. The Labute approximate surface area is 112 Å². The number of nitrogens with one attached hydrogen (secondary N) is 1. The van der Waals surface area contributed by atoms with Crippen LogP contribution < -0.4 is 5.32 Å². The monoisotopic (exact) mass is 264 g/mol. The Kier molecular flexibility index (Phi) is 4.51. The lowest BCUT2D eigenvalue weighted by Gasteiger charge is -2.08. The summed E-state index contributed by atoms with van der Waals surface area (Å²) < 4.78 is 8.85. The predicted molar refractivity (Wildman–Crippen MR) is 72.0 cm³/mol. The van der Waals surface area contributed by atoms with E-state index in [9.17, 15) is 0 Å². The Hall–Kier alpha value is -1.89. The van der Waals surface area contributed by atoms with Crippen LogP contribution in [0, 0.1) is 6.92 Å². The maximum Gasteiger partial charge on any atom is 0.203 e. The number of rotatable bonds is 7. The molecule has 2 rings (SSSR count). The Morgan fingerprint density at radius 1 is 1.42 bits per heavy atom. The molecule has 104 valence electrons. The maximum absolute atomic E-state index is 5.09. The normalized spacial score (nSPS) is 10.9. The summed E-state index contributed by atoms with van der Waals surface area (Å²) in [5.74, 6) is 1.70.